The molecule has 4 heteroatoms. The van der Waals surface area contributed by atoms with Gasteiger partial charge in [0.15, 0.2) is 5.82 Å². The number of primary amides is 1. The molecule has 0 radical (unpaired) electrons. The lowest BCUT2D eigenvalue weighted by Crippen LogP contribution is -2.16. The molecule has 1 aromatic heterocycles. The number of aryl methyl sites for hydroxylation is 1. The van der Waals surface area contributed by atoms with E-state index in [2.05, 4.69) is 4.98 Å². The predicted molar refractivity (Wildman–Crippen MR) is 43.1 cm³/mol. The Morgan fingerprint density at radius 1 is 1.64 bits per heavy atom. The average molecular weight is 155 g/mol. The number of aromatic nitrogens is 2. The summed E-state index contributed by atoms with van der Waals surface area (Å²) in [6, 6.07) is 0. The van der Waals surface area contributed by atoms with E-state index in [0.29, 0.717) is 0 Å². The molecule has 0 atom stereocenters. The Labute approximate surface area is 66.0 Å². The van der Waals surface area contributed by atoms with Crippen LogP contribution in [0.2, 0.25) is 0 Å². The Morgan fingerprint density at radius 2 is 2.18 bits per heavy atom. The van der Waals surface area contributed by atoms with E-state index in [1.54, 1.807) is 17.8 Å². The van der Waals surface area contributed by atoms with Crippen molar-refractivity contribution in [3.05, 3.63) is 18.2 Å². The van der Waals surface area contributed by atoms with Crippen molar-refractivity contribution in [2.45, 2.75) is 13.8 Å². The van der Waals surface area contributed by atoms with Crippen LogP contribution in [0.15, 0.2) is 12.4 Å². The summed E-state index contributed by atoms with van der Waals surface area (Å²) >= 11 is 0. The van der Waals surface area contributed by atoms with Crippen LogP contribution in [0.5, 0.6) is 0 Å². The quantitative estimate of drug-likeness (QED) is 0.643. The van der Waals surface area contributed by atoms with Crippen LogP contribution in [0, 0.1) is 0 Å². The summed E-state index contributed by atoms with van der Waals surface area (Å²) in [5.74, 6) is -0.211. The number of nitrogens with two attached hydrogens (primary N) is 1. The van der Waals surface area contributed by atoms with Crippen LogP contribution in [0.3, 0.4) is 0 Å². The van der Waals surface area contributed by atoms with Crippen molar-refractivity contribution in [3.8, 4) is 0 Å². The van der Waals surface area contributed by atoms with Gasteiger partial charge in [-0.1, -0.05) is 13.8 Å². The third kappa shape index (κ3) is 2.41. The molecule has 0 fully saturated rings. The Morgan fingerprint density at radius 3 is 2.36 bits per heavy atom. The average Bonchev–Trinajstić information content (AvgIpc) is 2.39. The molecule has 1 aromatic rings. The van der Waals surface area contributed by atoms with Gasteiger partial charge in [0.2, 0.25) is 0 Å². The van der Waals surface area contributed by atoms with Crippen LogP contribution in [-0.4, -0.2) is 15.5 Å². The molecular formula is C7H13N3O. The van der Waals surface area contributed by atoms with Gasteiger partial charge in [-0.15, -0.1) is 0 Å². The van der Waals surface area contributed by atoms with Crippen molar-refractivity contribution in [2.24, 2.45) is 12.8 Å². The first-order valence-corrected chi connectivity index (χ1v) is 3.49. The maximum Gasteiger partial charge on any atom is 0.284 e. The minimum absolute atomic E-state index is 0.287. The predicted octanol–water partition coefficient (Wildman–Crippen LogP) is 0.545. The van der Waals surface area contributed by atoms with Gasteiger partial charge in [0.25, 0.3) is 5.91 Å². The normalized spacial score (nSPS) is 8.27. The number of rotatable bonds is 1. The van der Waals surface area contributed by atoms with Crippen LogP contribution in [-0.2, 0) is 7.05 Å². The molecule has 4 nitrogen and oxygen atoms in total. The number of amides is 1. The highest BCUT2D eigenvalue weighted by molar-refractivity contribution is 5.89. The van der Waals surface area contributed by atoms with Gasteiger partial charge >= 0.3 is 0 Å². The van der Waals surface area contributed by atoms with Crippen molar-refractivity contribution < 1.29 is 4.79 Å². The van der Waals surface area contributed by atoms with Crippen molar-refractivity contribution in [1.29, 1.82) is 0 Å². The van der Waals surface area contributed by atoms with Gasteiger partial charge in [-0.25, -0.2) is 4.98 Å². The largest absolute Gasteiger partial charge is 0.363 e. The SMILES string of the molecule is CC.Cn1ccnc1C(N)=O. The number of hydrogen-bond donors (Lipinski definition) is 1. The Kier molecular flexibility index (Phi) is 3.95. The van der Waals surface area contributed by atoms with Gasteiger partial charge in [-0.2, -0.15) is 0 Å². The van der Waals surface area contributed by atoms with Gasteiger partial charge in [0, 0.05) is 19.4 Å². The van der Waals surface area contributed by atoms with Crippen LogP contribution in [0.4, 0.5) is 0 Å². The summed E-state index contributed by atoms with van der Waals surface area (Å²) in [5, 5.41) is 0. The van der Waals surface area contributed by atoms with Gasteiger partial charge in [-0.05, 0) is 0 Å². The lowest BCUT2D eigenvalue weighted by molar-refractivity contribution is 0.0987. The third-order valence-corrected chi connectivity index (χ3v) is 1.04. The maximum absolute atomic E-state index is 10.4. The molecule has 0 spiro atoms. The summed E-state index contributed by atoms with van der Waals surface area (Å²) in [6.07, 6.45) is 3.19. The van der Waals surface area contributed by atoms with Gasteiger partial charge < -0.3 is 10.3 Å². The molecular weight excluding hydrogens is 142 g/mol. The lowest BCUT2D eigenvalue weighted by Gasteiger charge is -1.92. The van der Waals surface area contributed by atoms with E-state index in [1.165, 1.54) is 6.20 Å². The third-order valence-electron chi connectivity index (χ3n) is 1.04. The first-order valence-electron chi connectivity index (χ1n) is 3.49. The van der Waals surface area contributed by atoms with E-state index in [0.717, 1.165) is 0 Å². The molecule has 0 unspecified atom stereocenters. The first-order chi connectivity index (χ1) is 5.22. The van der Waals surface area contributed by atoms with E-state index < -0.39 is 5.91 Å². The van der Waals surface area contributed by atoms with E-state index in [-0.39, 0.29) is 5.82 Å². The molecule has 11 heavy (non-hydrogen) atoms. The van der Waals surface area contributed by atoms with Gasteiger partial charge in [0.1, 0.15) is 0 Å². The topological polar surface area (TPSA) is 60.9 Å². The highest BCUT2D eigenvalue weighted by Gasteiger charge is 2.02. The Balaban J connectivity index is 0.000000461. The standard InChI is InChI=1S/C5H7N3O.C2H6/c1-8-3-2-7-5(8)4(6)9;1-2/h2-3H,1H3,(H2,6,9);1-2H3. The number of carbonyl (C=O) groups excluding carboxylic acids is 1. The summed E-state index contributed by atoms with van der Waals surface area (Å²) < 4.78 is 1.57. The van der Waals surface area contributed by atoms with Crippen LogP contribution >= 0.6 is 0 Å². The molecule has 0 aromatic carbocycles. The summed E-state index contributed by atoms with van der Waals surface area (Å²) in [6.45, 7) is 4.00. The maximum atomic E-state index is 10.4. The van der Waals surface area contributed by atoms with Crippen LogP contribution < -0.4 is 5.73 Å². The minimum atomic E-state index is -0.498. The Bertz CT molecular complexity index is 229. The second-order valence-corrected chi connectivity index (χ2v) is 1.73. The number of hydrogen-bond acceptors (Lipinski definition) is 2. The first kappa shape index (κ1) is 9.68. The fourth-order valence-electron chi connectivity index (χ4n) is 0.603. The van der Waals surface area contributed by atoms with Crippen LogP contribution in [0.25, 0.3) is 0 Å². The zero-order chi connectivity index (χ0) is 8.85. The lowest BCUT2D eigenvalue weighted by atomic mass is 10.6. The molecule has 0 saturated carbocycles. The summed E-state index contributed by atoms with van der Waals surface area (Å²) in [4.78, 5) is 14.1. The molecule has 0 aliphatic heterocycles. The molecule has 0 aliphatic carbocycles. The minimum Gasteiger partial charge on any atom is -0.363 e. The highest BCUT2D eigenvalue weighted by Crippen LogP contribution is 1.89. The van der Waals surface area contributed by atoms with Crippen molar-refractivity contribution in [2.75, 3.05) is 0 Å². The molecule has 62 valence electrons. The van der Waals surface area contributed by atoms with Crippen molar-refractivity contribution in [3.63, 3.8) is 0 Å². The molecule has 2 N–H and O–H groups in total. The smallest absolute Gasteiger partial charge is 0.284 e. The zero-order valence-corrected chi connectivity index (χ0v) is 7.03. The number of nitrogens with zero attached hydrogens (tertiary/aromatic N) is 2. The zero-order valence-electron chi connectivity index (χ0n) is 7.03. The summed E-state index contributed by atoms with van der Waals surface area (Å²) in [7, 11) is 1.72. The van der Waals surface area contributed by atoms with E-state index in [9.17, 15) is 4.79 Å². The Hall–Kier alpha value is -1.32. The van der Waals surface area contributed by atoms with Crippen LogP contribution in [0.1, 0.15) is 24.5 Å². The fourth-order valence-corrected chi connectivity index (χ4v) is 0.603. The molecule has 0 saturated heterocycles. The summed E-state index contributed by atoms with van der Waals surface area (Å²) in [5.41, 5.74) is 4.94. The van der Waals surface area contributed by atoms with Crippen molar-refractivity contribution in [1.82, 2.24) is 9.55 Å². The second-order valence-electron chi connectivity index (χ2n) is 1.73. The number of imidazole rings is 1. The van der Waals surface area contributed by atoms with E-state index >= 15 is 0 Å². The fraction of sp³-hybridized carbons (Fsp3) is 0.429. The molecule has 1 rings (SSSR count). The van der Waals surface area contributed by atoms with Gasteiger partial charge in [0.05, 0.1) is 0 Å². The molecule has 0 aliphatic rings. The van der Waals surface area contributed by atoms with E-state index in [4.69, 9.17) is 5.73 Å². The second kappa shape index (κ2) is 4.49. The number of carbonyl (C=O) groups is 1. The molecule has 0 bridgehead atoms. The molecule has 1 heterocycles. The van der Waals surface area contributed by atoms with Gasteiger partial charge in [-0.3, -0.25) is 4.79 Å². The van der Waals surface area contributed by atoms with Crippen molar-refractivity contribution >= 4 is 5.91 Å². The molecule has 1 amide bonds. The monoisotopic (exact) mass is 155 g/mol. The highest BCUT2D eigenvalue weighted by atomic mass is 16.1. The van der Waals surface area contributed by atoms with E-state index in [1.807, 2.05) is 13.8 Å².